The van der Waals surface area contributed by atoms with Crippen molar-refractivity contribution in [2.45, 2.75) is 64.6 Å². The normalized spacial score (nSPS) is 18.4. The molecule has 2 aliphatic carbocycles. The molecule has 0 saturated carbocycles. The summed E-state index contributed by atoms with van der Waals surface area (Å²) in [5.41, 5.74) is 9.74. The molecule has 0 saturated heterocycles. The van der Waals surface area contributed by atoms with Crippen molar-refractivity contribution in [1.82, 2.24) is 29.6 Å². The summed E-state index contributed by atoms with van der Waals surface area (Å²) in [5, 5.41) is 25.0. The predicted molar refractivity (Wildman–Crippen MR) is 312 cm³/mol. The number of anilines is 2. The Kier molecular flexibility index (Phi) is 17.9. The minimum atomic E-state index is -0.153. The molecule has 2 aliphatic heterocycles. The van der Waals surface area contributed by atoms with Crippen molar-refractivity contribution in [1.29, 1.82) is 0 Å². The van der Waals surface area contributed by atoms with Crippen LogP contribution in [-0.4, -0.2) is 134 Å². The number of rotatable bonds is 16. The summed E-state index contributed by atoms with van der Waals surface area (Å²) in [6, 6.07) is 30.9. The van der Waals surface area contributed by atoms with Crippen LogP contribution in [-0.2, 0) is 35.6 Å². The van der Waals surface area contributed by atoms with Crippen molar-refractivity contribution in [3.05, 3.63) is 179 Å². The third-order valence-corrected chi connectivity index (χ3v) is 16.1. The molecule has 16 heteroatoms. The summed E-state index contributed by atoms with van der Waals surface area (Å²) < 4.78 is 15.1. The van der Waals surface area contributed by atoms with Crippen LogP contribution in [0.3, 0.4) is 0 Å². The number of aromatic nitrogens is 2. The van der Waals surface area contributed by atoms with Gasteiger partial charge in [0.25, 0.3) is 11.8 Å². The number of fused-ring (bicyclic) bond motifs is 2. The third kappa shape index (κ3) is 12.8. The molecule has 80 heavy (non-hydrogen) atoms. The Morgan fingerprint density at radius 3 is 1.34 bits per heavy atom. The van der Waals surface area contributed by atoms with Crippen molar-refractivity contribution in [2.24, 2.45) is 10.8 Å². The fourth-order valence-corrected chi connectivity index (χ4v) is 11.7. The fourth-order valence-electron chi connectivity index (χ4n) is 11.7. The van der Waals surface area contributed by atoms with E-state index in [2.05, 4.69) is 44.7 Å². The van der Waals surface area contributed by atoms with Crippen LogP contribution in [0.4, 0.5) is 11.4 Å². The Morgan fingerprint density at radius 2 is 0.963 bits per heavy atom. The van der Waals surface area contributed by atoms with Gasteiger partial charge in [-0.15, -0.1) is 0 Å². The van der Waals surface area contributed by atoms with Crippen molar-refractivity contribution >= 4 is 35.0 Å². The first-order chi connectivity index (χ1) is 38.6. The number of allylic oxidation sites excluding steroid dienone is 2. The van der Waals surface area contributed by atoms with E-state index >= 15 is 0 Å². The molecule has 0 unspecified atom stereocenters. The first-order valence-corrected chi connectivity index (χ1v) is 27.7. The van der Waals surface area contributed by atoms with E-state index in [-0.39, 0.29) is 47.7 Å². The molecule has 2 aromatic heterocycles. The number of ether oxygens (including phenoxy) is 2. The van der Waals surface area contributed by atoms with Gasteiger partial charge in [0.2, 0.25) is 11.8 Å². The van der Waals surface area contributed by atoms with Crippen molar-refractivity contribution in [3.63, 3.8) is 0 Å². The largest absolute Gasteiger partial charge is 0.495 e. The number of likely N-dealkylation sites (N-methyl/N-ethyl adjacent to an activating group) is 2. The maximum Gasteiger partial charge on any atom is 0.258 e. The first kappa shape index (κ1) is 56.9. The van der Waals surface area contributed by atoms with E-state index < -0.39 is 0 Å². The number of amides is 4. The van der Waals surface area contributed by atoms with Crippen LogP contribution in [0.5, 0.6) is 11.5 Å². The van der Waals surface area contributed by atoms with E-state index in [0.717, 1.165) is 121 Å². The number of hydrogen-bond acceptors (Lipinski definition) is 10. The van der Waals surface area contributed by atoms with Crippen molar-refractivity contribution < 1.29 is 38.9 Å². The van der Waals surface area contributed by atoms with E-state index in [1.165, 1.54) is 0 Å². The second kappa shape index (κ2) is 25.1. The molecule has 420 valence electrons. The number of carbonyl (C=O) groups is 4. The maximum absolute atomic E-state index is 14.0. The number of benzene rings is 4. The molecule has 6 aromatic rings. The molecule has 4 aromatic carbocycles. The van der Waals surface area contributed by atoms with E-state index in [4.69, 9.17) is 9.47 Å². The molecule has 4 N–H and O–H groups in total. The lowest BCUT2D eigenvalue weighted by Crippen LogP contribution is -2.33. The van der Waals surface area contributed by atoms with Crippen LogP contribution in [0, 0.1) is 10.8 Å². The van der Waals surface area contributed by atoms with Crippen LogP contribution in [0.1, 0.15) is 81.5 Å². The van der Waals surface area contributed by atoms with Crippen molar-refractivity contribution in [3.8, 4) is 22.9 Å². The number of nitrogens with zero attached hydrogens (tertiary/aromatic N) is 6. The fraction of sp³-hybridized carbons (Fsp3) is 0.375. The molecule has 4 aliphatic rings. The Balaban J connectivity index is 0.000000194. The second-order valence-corrected chi connectivity index (χ2v) is 22.2. The van der Waals surface area contributed by atoms with Gasteiger partial charge in [0.15, 0.2) is 0 Å². The van der Waals surface area contributed by atoms with E-state index in [1.54, 1.807) is 26.4 Å². The molecule has 10 rings (SSSR count). The summed E-state index contributed by atoms with van der Waals surface area (Å²) in [6.45, 7) is 3.88. The highest BCUT2D eigenvalue weighted by molar-refractivity contribution is 6.08. The zero-order valence-electron chi connectivity index (χ0n) is 47.0. The van der Waals surface area contributed by atoms with Gasteiger partial charge < -0.3 is 59.1 Å². The van der Waals surface area contributed by atoms with E-state index in [0.29, 0.717) is 48.8 Å². The molecule has 0 radical (unpaired) electrons. The number of hydrogen-bond donors (Lipinski definition) is 4. The molecular weight excluding hydrogens is 1010 g/mol. The number of aliphatic hydroxyl groups excluding tert-OH is 2. The summed E-state index contributed by atoms with van der Waals surface area (Å²) in [4.78, 5) is 61.5. The average Bonchev–Trinajstić information content (AvgIpc) is 4.29. The Morgan fingerprint density at radius 1 is 0.550 bits per heavy atom. The predicted octanol–water partition coefficient (Wildman–Crippen LogP) is 7.91. The summed E-state index contributed by atoms with van der Waals surface area (Å²) in [7, 11) is 11.2. The molecule has 0 bridgehead atoms. The number of para-hydroxylation sites is 2. The maximum atomic E-state index is 14.0. The number of nitrogens with one attached hydrogen (secondary N) is 2. The van der Waals surface area contributed by atoms with Gasteiger partial charge in [-0.05, 0) is 173 Å². The lowest BCUT2D eigenvalue weighted by atomic mass is 9.79. The van der Waals surface area contributed by atoms with Crippen LogP contribution in [0.2, 0.25) is 0 Å². The van der Waals surface area contributed by atoms with Gasteiger partial charge in [-0.2, -0.15) is 0 Å². The SMILES string of the molecule is COc1cc(C(=O)N2CC[C@@]3(C=C(C(=O)NCCN(C)C)CC3)Cc3ccccc32)ccc1-n1ccc(CO)c1.COc1cc(C(=O)N2CC[C@]3(C=C(C(=O)NCCN(C)C)CC3)Cc3ccccc32)ccc1-n1ccc(CO)c1. The zero-order valence-corrected chi connectivity index (χ0v) is 47.0. The Labute approximate surface area is 469 Å². The van der Waals surface area contributed by atoms with Crippen LogP contribution in [0.15, 0.2) is 145 Å². The highest BCUT2D eigenvalue weighted by Crippen LogP contribution is 2.48. The number of aliphatic hydroxyl groups is 2. The molecule has 16 nitrogen and oxygen atoms in total. The Bertz CT molecular complexity index is 3070. The minimum absolute atomic E-state index is 0.0187. The molecule has 4 heterocycles. The van der Waals surface area contributed by atoms with Gasteiger partial charge in [-0.25, -0.2) is 0 Å². The molecule has 2 atom stereocenters. The average molecular weight is 1090 g/mol. The first-order valence-electron chi connectivity index (χ1n) is 27.7. The minimum Gasteiger partial charge on any atom is -0.495 e. The smallest absolute Gasteiger partial charge is 0.258 e. The van der Waals surface area contributed by atoms with Crippen LogP contribution < -0.4 is 29.9 Å². The van der Waals surface area contributed by atoms with Crippen LogP contribution in [0.25, 0.3) is 11.4 Å². The quantitative estimate of drug-likeness (QED) is 0.0746. The lowest BCUT2D eigenvalue weighted by Gasteiger charge is -2.26. The molecule has 4 amide bonds. The monoisotopic (exact) mass is 1080 g/mol. The lowest BCUT2D eigenvalue weighted by molar-refractivity contribution is -0.118. The van der Waals surface area contributed by atoms with Gasteiger partial charge in [0, 0.05) is 97.7 Å². The van der Waals surface area contributed by atoms with Crippen LogP contribution >= 0.6 is 0 Å². The summed E-state index contributed by atoms with van der Waals surface area (Å²) >= 11 is 0. The highest BCUT2D eigenvalue weighted by Gasteiger charge is 2.41. The Hall–Kier alpha value is -7.76. The van der Waals surface area contributed by atoms with Gasteiger partial charge >= 0.3 is 0 Å². The van der Waals surface area contributed by atoms with Gasteiger partial charge in [0.1, 0.15) is 11.5 Å². The van der Waals surface area contributed by atoms with Gasteiger partial charge in [0.05, 0.1) is 38.8 Å². The molecule has 2 spiro atoms. The van der Waals surface area contributed by atoms with Crippen molar-refractivity contribution in [2.75, 3.05) is 91.5 Å². The summed E-state index contributed by atoms with van der Waals surface area (Å²) in [6.07, 6.45) is 18.2. The van der Waals surface area contributed by atoms with E-state index in [9.17, 15) is 29.4 Å². The number of methoxy groups -OCH3 is 2. The molecule has 0 fully saturated rings. The second-order valence-electron chi connectivity index (χ2n) is 22.2. The number of carbonyl (C=O) groups excluding carboxylic acids is 4. The topological polar surface area (TPSA) is 174 Å². The standard InChI is InChI=1S/2C32H38N4O4/c2*1-34(2)17-14-33-30(38)26-10-12-32(20-26)13-16-36(27-7-5-4-6-25(27)19-32)31(39)24-8-9-28(29(18-24)40-3)35-15-11-23(21-35)22-37/h2*4-9,11,15,18,20-21,37H,10,12-14,16-17,19,22H2,1-3H3,(H,33,38)/t2*32-/m10/s1. The zero-order chi connectivity index (χ0) is 56.6. The summed E-state index contributed by atoms with van der Waals surface area (Å²) in [5.74, 6) is 1.03. The third-order valence-electron chi connectivity index (χ3n) is 16.1. The highest BCUT2D eigenvalue weighted by atomic mass is 16.5. The van der Waals surface area contributed by atoms with Gasteiger partial charge in [-0.1, -0.05) is 48.6 Å². The molecular formula is C64H76N8O8. The van der Waals surface area contributed by atoms with Gasteiger partial charge in [-0.3, -0.25) is 19.2 Å². The van der Waals surface area contributed by atoms with E-state index in [1.807, 2.05) is 145 Å².